The number of hydrogen-bond acceptors (Lipinski definition) is 3. The maximum atomic E-state index is 10.7. The highest BCUT2D eigenvalue weighted by atomic mass is 35.5. The van der Waals surface area contributed by atoms with Gasteiger partial charge in [-0.1, -0.05) is 23.7 Å². The molecule has 1 aliphatic heterocycles. The molecule has 0 radical (unpaired) electrons. The summed E-state index contributed by atoms with van der Waals surface area (Å²) in [7, 11) is 0. The number of nitrogens with one attached hydrogen (secondary N) is 1. The molecule has 1 saturated heterocycles. The van der Waals surface area contributed by atoms with E-state index >= 15 is 0 Å². The molecule has 0 amide bonds. The van der Waals surface area contributed by atoms with Gasteiger partial charge in [0.25, 0.3) is 0 Å². The third-order valence-corrected chi connectivity index (χ3v) is 3.16. The highest BCUT2D eigenvalue weighted by Crippen LogP contribution is 2.33. The number of aliphatic hydroxyl groups is 1. The average Bonchev–Trinajstić information content (AvgIpc) is 2.24. The predicted octanol–water partition coefficient (Wildman–Crippen LogP) is 2.27. The summed E-state index contributed by atoms with van der Waals surface area (Å²) in [5.74, 6) is -1.69. The van der Waals surface area contributed by atoms with Gasteiger partial charge in [0.05, 0.1) is 14.0 Å². The van der Waals surface area contributed by atoms with E-state index in [0.29, 0.717) is 17.2 Å². The van der Waals surface area contributed by atoms with E-state index in [1.807, 2.05) is 13.8 Å². The molecule has 94 valence electrons. The van der Waals surface area contributed by atoms with E-state index in [0.717, 1.165) is 0 Å². The Bertz CT molecular complexity index is 447. The van der Waals surface area contributed by atoms with E-state index in [9.17, 15) is 5.11 Å². The third kappa shape index (κ3) is 2.47. The van der Waals surface area contributed by atoms with Gasteiger partial charge < -0.3 is 15.2 Å². The molecule has 0 unspecified atom stereocenters. The van der Waals surface area contributed by atoms with Gasteiger partial charge >= 0.3 is 0 Å². The predicted molar refractivity (Wildman–Crippen MR) is 68.0 cm³/mol. The fraction of sp³-hybridized carbons (Fsp3) is 0.538. The maximum Gasteiger partial charge on any atom is 0.208 e. The number of hydrogen-bond donors (Lipinski definition) is 2. The lowest BCUT2D eigenvalue weighted by molar-refractivity contribution is -0.263. The summed E-state index contributed by atoms with van der Waals surface area (Å²) in [5.41, 5.74) is 0.169. The molecule has 1 aliphatic rings. The molecule has 17 heavy (non-hydrogen) atoms. The van der Waals surface area contributed by atoms with E-state index in [-0.39, 0.29) is 5.54 Å². The van der Waals surface area contributed by atoms with Gasteiger partial charge in [-0.3, -0.25) is 0 Å². The van der Waals surface area contributed by atoms with Crippen LogP contribution in [0, 0.1) is 0 Å². The minimum atomic E-state index is -1.69. The Morgan fingerprint density at radius 2 is 2.06 bits per heavy atom. The Balaban J connectivity index is 2.39. The van der Waals surface area contributed by atoms with Crippen molar-refractivity contribution in [3.05, 3.63) is 34.9 Å². The van der Waals surface area contributed by atoms with Crippen LogP contribution in [0.15, 0.2) is 24.3 Å². The van der Waals surface area contributed by atoms with E-state index in [1.54, 1.807) is 31.2 Å². The second-order valence-corrected chi connectivity index (χ2v) is 5.51. The standard InChI is InChI=1S/C13H18ClNO2/c1-9-13(16,17-8-12(2,3)15-9)10-4-6-11(14)7-5-10/h4-7,9,15-16H,8H2,1-3H3/t9-,13+/m1/s1/i9D. The Hall–Kier alpha value is -0.610. The van der Waals surface area contributed by atoms with Gasteiger partial charge in [-0.2, -0.15) is 0 Å². The van der Waals surface area contributed by atoms with Gasteiger partial charge in [-0.25, -0.2) is 0 Å². The number of rotatable bonds is 1. The highest BCUT2D eigenvalue weighted by Gasteiger charge is 2.44. The van der Waals surface area contributed by atoms with Crippen LogP contribution < -0.4 is 5.32 Å². The molecule has 2 atom stereocenters. The first kappa shape index (κ1) is 11.5. The lowest BCUT2D eigenvalue weighted by Crippen LogP contribution is -2.63. The van der Waals surface area contributed by atoms with Crippen molar-refractivity contribution in [2.45, 2.75) is 38.1 Å². The number of ether oxygens (including phenoxy) is 1. The molecular formula is C13H18ClNO2. The van der Waals surface area contributed by atoms with E-state index in [1.165, 1.54) is 0 Å². The third-order valence-electron chi connectivity index (χ3n) is 2.91. The van der Waals surface area contributed by atoms with Gasteiger partial charge in [0, 0.05) is 16.1 Å². The molecule has 1 heterocycles. The number of morpholine rings is 1. The van der Waals surface area contributed by atoms with Crippen molar-refractivity contribution in [1.82, 2.24) is 5.32 Å². The van der Waals surface area contributed by atoms with E-state index in [4.69, 9.17) is 17.7 Å². The summed E-state index contributed by atoms with van der Waals surface area (Å²) in [5, 5.41) is 14.4. The van der Waals surface area contributed by atoms with Crippen molar-refractivity contribution in [1.29, 1.82) is 0 Å². The maximum absolute atomic E-state index is 10.7. The van der Waals surface area contributed by atoms with Crippen LogP contribution in [-0.4, -0.2) is 23.3 Å². The Morgan fingerprint density at radius 3 is 2.59 bits per heavy atom. The highest BCUT2D eigenvalue weighted by molar-refractivity contribution is 6.30. The molecule has 2 N–H and O–H groups in total. The fourth-order valence-corrected chi connectivity index (χ4v) is 2.12. The molecule has 0 aromatic heterocycles. The van der Waals surface area contributed by atoms with Gasteiger partial charge in [-0.15, -0.1) is 0 Å². The van der Waals surface area contributed by atoms with Crippen LogP contribution in [0.1, 0.15) is 27.7 Å². The first-order chi connectivity index (χ1) is 8.16. The molecule has 0 aliphatic carbocycles. The SMILES string of the molecule is [2H][C@]1(C)NC(C)(C)CO[C@]1(O)c1ccc(Cl)cc1. The van der Waals surface area contributed by atoms with Crippen LogP contribution in [0.2, 0.25) is 5.02 Å². The van der Waals surface area contributed by atoms with Crippen molar-refractivity contribution in [2.24, 2.45) is 0 Å². The molecule has 2 rings (SSSR count). The first-order valence-electron chi connectivity index (χ1n) is 6.08. The lowest BCUT2D eigenvalue weighted by atomic mass is 9.93. The summed E-state index contributed by atoms with van der Waals surface area (Å²) in [4.78, 5) is 0. The zero-order valence-corrected chi connectivity index (χ0v) is 11.0. The van der Waals surface area contributed by atoms with Gasteiger partial charge in [0.15, 0.2) is 0 Å². The van der Waals surface area contributed by atoms with Gasteiger partial charge in [0.2, 0.25) is 5.79 Å². The van der Waals surface area contributed by atoms with Crippen LogP contribution >= 0.6 is 11.6 Å². The molecule has 1 fully saturated rings. The van der Waals surface area contributed by atoms with Crippen molar-refractivity contribution < 1.29 is 11.2 Å². The molecule has 0 bridgehead atoms. The number of benzene rings is 1. The summed E-state index contributed by atoms with van der Waals surface area (Å²) < 4.78 is 13.9. The molecule has 3 nitrogen and oxygen atoms in total. The van der Waals surface area contributed by atoms with Crippen molar-refractivity contribution in [3.63, 3.8) is 0 Å². The van der Waals surface area contributed by atoms with Crippen LogP contribution in [0.25, 0.3) is 0 Å². The molecule has 0 spiro atoms. The Labute approximate surface area is 108 Å². The topological polar surface area (TPSA) is 41.5 Å². The molecular weight excluding hydrogens is 238 g/mol. The zero-order valence-electron chi connectivity index (χ0n) is 11.2. The molecule has 1 aromatic carbocycles. The van der Waals surface area contributed by atoms with Crippen molar-refractivity contribution >= 4 is 11.6 Å². The van der Waals surface area contributed by atoms with Crippen molar-refractivity contribution in [3.8, 4) is 0 Å². The molecule has 0 saturated carbocycles. The van der Waals surface area contributed by atoms with E-state index in [2.05, 4.69) is 5.32 Å². The smallest absolute Gasteiger partial charge is 0.208 e. The Morgan fingerprint density at radius 1 is 1.47 bits per heavy atom. The van der Waals surface area contributed by atoms with Crippen LogP contribution in [0.3, 0.4) is 0 Å². The molecule has 4 heteroatoms. The van der Waals surface area contributed by atoms with Gasteiger partial charge in [-0.05, 0) is 32.9 Å². The van der Waals surface area contributed by atoms with Gasteiger partial charge in [0.1, 0.15) is 0 Å². The minimum absolute atomic E-state index is 0.320. The second kappa shape index (κ2) is 4.25. The van der Waals surface area contributed by atoms with Crippen LogP contribution in [0.4, 0.5) is 0 Å². The summed E-state index contributed by atoms with van der Waals surface area (Å²) in [6, 6.07) is 5.36. The second-order valence-electron chi connectivity index (χ2n) is 5.07. The quantitative estimate of drug-likeness (QED) is 0.810. The Kier molecular flexibility index (Phi) is 2.87. The largest absolute Gasteiger partial charge is 0.361 e. The summed E-state index contributed by atoms with van der Waals surface area (Å²) in [6.07, 6.45) is 0. The molecule has 1 aromatic rings. The number of halogens is 1. The van der Waals surface area contributed by atoms with Crippen LogP contribution in [-0.2, 0) is 10.5 Å². The fourth-order valence-electron chi connectivity index (χ4n) is 2.00. The summed E-state index contributed by atoms with van der Waals surface area (Å²) >= 11 is 5.83. The summed E-state index contributed by atoms with van der Waals surface area (Å²) in [6.45, 7) is 5.78. The van der Waals surface area contributed by atoms with Crippen molar-refractivity contribution in [2.75, 3.05) is 6.61 Å². The average molecular weight is 257 g/mol. The monoisotopic (exact) mass is 256 g/mol. The lowest BCUT2D eigenvalue weighted by Gasteiger charge is -2.46. The van der Waals surface area contributed by atoms with E-state index < -0.39 is 11.8 Å². The first-order valence-corrected chi connectivity index (χ1v) is 5.96. The van der Waals surface area contributed by atoms with Crippen LogP contribution in [0.5, 0.6) is 0 Å². The minimum Gasteiger partial charge on any atom is -0.361 e. The zero-order chi connectivity index (χ0) is 13.6. The normalized spacial score (nSPS) is 37.6.